The lowest BCUT2D eigenvalue weighted by molar-refractivity contribution is 0.00578. The van der Waals surface area contributed by atoms with Crippen LogP contribution in [0.25, 0.3) is 0 Å². The highest BCUT2D eigenvalue weighted by Crippen LogP contribution is 2.44. The van der Waals surface area contributed by atoms with Gasteiger partial charge in [0.15, 0.2) is 11.5 Å². The average Bonchev–Trinajstić information content (AvgIpc) is 3.10. The zero-order valence-corrected chi connectivity index (χ0v) is 21.2. The Morgan fingerprint density at radius 2 is 1.29 bits per heavy atom. The van der Waals surface area contributed by atoms with E-state index in [1.54, 1.807) is 0 Å². The highest BCUT2D eigenvalue weighted by Gasteiger charge is 2.53. The summed E-state index contributed by atoms with van der Waals surface area (Å²) in [6, 6.07) is 9.67. The van der Waals surface area contributed by atoms with Crippen LogP contribution in [0.2, 0.25) is 0 Å². The van der Waals surface area contributed by atoms with Gasteiger partial charge in [-0.1, -0.05) is 12.1 Å². The molecule has 2 saturated heterocycles. The molecule has 0 atom stereocenters. The third-order valence-corrected chi connectivity index (χ3v) is 7.90. The van der Waals surface area contributed by atoms with E-state index in [-0.39, 0.29) is 0 Å². The van der Waals surface area contributed by atoms with Gasteiger partial charge in [0.1, 0.15) is 0 Å². The lowest BCUT2D eigenvalue weighted by atomic mass is 9.75. The Balaban J connectivity index is 1.45. The lowest BCUT2D eigenvalue weighted by Gasteiger charge is -2.32. The molecule has 0 unspecified atom stereocenters. The summed E-state index contributed by atoms with van der Waals surface area (Å²) in [7, 11) is -1.04. The van der Waals surface area contributed by atoms with Gasteiger partial charge in [-0.2, -0.15) is 0 Å². The quantitative estimate of drug-likeness (QED) is 0.450. The van der Waals surface area contributed by atoms with Crippen LogP contribution in [0.3, 0.4) is 0 Å². The highest BCUT2D eigenvalue weighted by molar-refractivity contribution is 6.64. The van der Waals surface area contributed by atoms with Crippen molar-refractivity contribution in [3.63, 3.8) is 0 Å². The van der Waals surface area contributed by atoms with Crippen LogP contribution in [0, 0.1) is 5.41 Å². The number of hydrogen-bond donors (Lipinski definition) is 2. The normalized spacial score (nSPS) is 23.1. The molecular formula is C25H32B2N2O5. The highest BCUT2D eigenvalue weighted by atomic mass is 16.7. The fraction of sp³-hybridized carbons (Fsp3) is 0.480. The second-order valence-corrected chi connectivity index (χ2v) is 11.2. The van der Waals surface area contributed by atoms with Crippen LogP contribution < -0.4 is 21.0 Å². The molecule has 2 aromatic rings. The number of rotatable bonds is 3. The fourth-order valence-corrected chi connectivity index (χ4v) is 4.27. The molecule has 178 valence electrons. The van der Waals surface area contributed by atoms with E-state index in [9.17, 15) is 0 Å². The van der Waals surface area contributed by atoms with Crippen molar-refractivity contribution in [2.45, 2.75) is 77.8 Å². The lowest BCUT2D eigenvalue weighted by Crippen LogP contribution is -2.41. The minimum atomic E-state index is -0.569. The molecule has 0 bridgehead atoms. The van der Waals surface area contributed by atoms with Crippen molar-refractivity contribution in [2.24, 2.45) is 0 Å². The second-order valence-electron chi connectivity index (χ2n) is 11.2. The molecule has 0 aromatic heterocycles. The molecule has 0 amide bonds. The number of hydrogen-bond acceptors (Lipinski definition) is 7. The molecule has 0 spiro atoms. The van der Waals surface area contributed by atoms with Gasteiger partial charge >= 0.3 is 14.2 Å². The Morgan fingerprint density at radius 3 is 1.85 bits per heavy atom. The van der Waals surface area contributed by atoms with Crippen LogP contribution >= 0.6 is 0 Å². The third-order valence-electron chi connectivity index (χ3n) is 7.90. The molecule has 2 fully saturated rings. The average molecular weight is 462 g/mol. The topological polar surface area (TPSA) is 82.0 Å². The van der Waals surface area contributed by atoms with Crippen molar-refractivity contribution in [2.75, 3.05) is 5.32 Å². The summed E-state index contributed by atoms with van der Waals surface area (Å²) in [5.41, 5.74) is 2.13. The zero-order chi connectivity index (χ0) is 24.7. The first kappa shape index (κ1) is 23.4. The van der Waals surface area contributed by atoms with Gasteiger partial charge in [-0.15, -0.1) is 0 Å². The zero-order valence-electron chi connectivity index (χ0n) is 21.2. The monoisotopic (exact) mass is 462 g/mol. The van der Waals surface area contributed by atoms with Crippen molar-refractivity contribution in [1.29, 1.82) is 5.41 Å². The molecule has 0 saturated carbocycles. The molecule has 2 N–H and O–H groups in total. The maximum atomic E-state index is 8.13. The SMILES string of the molecule is CC1(C)OB(c2ccc3c(c2)Oc2ccc(B4OC(C)(C)C(C)(C)O4)c(C=N)c2N3)OC1(C)C. The van der Waals surface area contributed by atoms with E-state index in [0.29, 0.717) is 17.1 Å². The molecule has 0 aliphatic carbocycles. The second kappa shape index (κ2) is 7.34. The molecule has 3 aliphatic rings. The maximum absolute atomic E-state index is 8.13. The first-order chi connectivity index (χ1) is 15.7. The van der Waals surface area contributed by atoms with Crippen molar-refractivity contribution in [1.82, 2.24) is 0 Å². The van der Waals surface area contributed by atoms with Crippen molar-refractivity contribution in [3.8, 4) is 11.5 Å². The molecule has 3 aliphatic heterocycles. The molecule has 0 radical (unpaired) electrons. The first-order valence-corrected chi connectivity index (χ1v) is 11.7. The smallest absolute Gasteiger partial charge is 0.453 e. The van der Waals surface area contributed by atoms with E-state index < -0.39 is 36.6 Å². The molecule has 5 rings (SSSR count). The van der Waals surface area contributed by atoms with Gasteiger partial charge in [-0.3, -0.25) is 0 Å². The molecule has 34 heavy (non-hydrogen) atoms. The Hall–Kier alpha value is -2.32. The van der Waals surface area contributed by atoms with Gasteiger partial charge in [0.25, 0.3) is 0 Å². The van der Waals surface area contributed by atoms with Crippen LogP contribution in [0.5, 0.6) is 11.5 Å². The first-order valence-electron chi connectivity index (χ1n) is 11.7. The number of nitrogens with one attached hydrogen (secondary N) is 2. The van der Waals surface area contributed by atoms with Gasteiger partial charge in [-0.05, 0) is 84.5 Å². The summed E-state index contributed by atoms with van der Waals surface area (Å²) in [4.78, 5) is 0. The van der Waals surface area contributed by atoms with Crippen LogP contribution in [0.1, 0.15) is 61.0 Å². The largest absolute Gasteiger partial charge is 0.495 e. The molecule has 2 aromatic carbocycles. The Labute approximate surface area is 202 Å². The van der Waals surface area contributed by atoms with Crippen molar-refractivity contribution < 1.29 is 23.4 Å². The van der Waals surface area contributed by atoms with E-state index in [4.69, 9.17) is 28.8 Å². The number of anilines is 2. The van der Waals surface area contributed by atoms with Crippen LogP contribution in [-0.2, 0) is 18.6 Å². The molecule has 3 heterocycles. The van der Waals surface area contributed by atoms with Gasteiger partial charge in [0.2, 0.25) is 0 Å². The summed E-state index contributed by atoms with van der Waals surface area (Å²) < 4.78 is 31.1. The third kappa shape index (κ3) is 3.49. The van der Waals surface area contributed by atoms with E-state index >= 15 is 0 Å². The summed E-state index contributed by atoms with van der Waals surface area (Å²) in [5, 5.41) is 11.6. The van der Waals surface area contributed by atoms with Crippen LogP contribution in [-0.4, -0.2) is 42.9 Å². The standard InChI is InChI=1S/C25H32B2N2O5/c1-22(2)23(3,4)32-26(31-22)15-9-11-18-20(13-15)30-19-12-10-17(16(14-28)21(19)29-18)27-33-24(5,6)25(7,8)34-27/h9-14,28-29H,1-8H3. The van der Waals surface area contributed by atoms with Gasteiger partial charge in [0.05, 0.1) is 33.8 Å². The Kier molecular flexibility index (Phi) is 5.06. The molecular weight excluding hydrogens is 430 g/mol. The predicted molar refractivity (Wildman–Crippen MR) is 136 cm³/mol. The number of fused-ring (bicyclic) bond motifs is 2. The minimum absolute atomic E-state index is 0.415. The van der Waals surface area contributed by atoms with Gasteiger partial charge < -0.3 is 34.1 Å². The predicted octanol–water partition coefficient (Wildman–Crippen LogP) is 4.13. The summed E-state index contributed by atoms with van der Waals surface area (Å²) >= 11 is 0. The summed E-state index contributed by atoms with van der Waals surface area (Å²) in [5.74, 6) is 1.32. The van der Waals surface area contributed by atoms with Crippen molar-refractivity contribution in [3.05, 3.63) is 35.9 Å². The Morgan fingerprint density at radius 1 is 0.735 bits per heavy atom. The Bertz CT molecular complexity index is 1150. The number of benzene rings is 2. The van der Waals surface area contributed by atoms with E-state index in [2.05, 4.69) is 5.32 Å². The number of ether oxygens (including phenoxy) is 1. The van der Waals surface area contributed by atoms with Gasteiger partial charge in [0, 0.05) is 11.8 Å². The molecule has 7 nitrogen and oxygen atoms in total. The van der Waals surface area contributed by atoms with Crippen LogP contribution in [0.15, 0.2) is 30.3 Å². The van der Waals surface area contributed by atoms with Crippen LogP contribution in [0.4, 0.5) is 11.4 Å². The minimum Gasteiger partial charge on any atom is -0.453 e. The fourth-order valence-electron chi connectivity index (χ4n) is 4.27. The van der Waals surface area contributed by atoms with E-state index in [0.717, 1.165) is 22.3 Å². The van der Waals surface area contributed by atoms with Crippen molar-refractivity contribution >= 4 is 42.8 Å². The molecule has 9 heteroatoms. The van der Waals surface area contributed by atoms with E-state index in [1.165, 1.54) is 6.21 Å². The summed E-state index contributed by atoms with van der Waals surface area (Å²) in [6.07, 6.45) is 1.32. The van der Waals surface area contributed by atoms with Gasteiger partial charge in [-0.25, -0.2) is 0 Å². The van der Waals surface area contributed by atoms with E-state index in [1.807, 2.05) is 85.7 Å². The maximum Gasteiger partial charge on any atom is 0.495 e. The summed E-state index contributed by atoms with van der Waals surface area (Å²) in [6.45, 7) is 16.2.